The highest BCUT2D eigenvalue weighted by atomic mass is 16.6. The summed E-state index contributed by atoms with van der Waals surface area (Å²) in [5, 5.41) is 2.62. The molecule has 2 saturated heterocycles. The van der Waals surface area contributed by atoms with Gasteiger partial charge in [0.25, 0.3) is 0 Å². The highest BCUT2D eigenvalue weighted by molar-refractivity contribution is 5.90. The summed E-state index contributed by atoms with van der Waals surface area (Å²) < 4.78 is 5.19. The monoisotopic (exact) mass is 325 g/mol. The average Bonchev–Trinajstić information content (AvgIpc) is 2.95. The van der Waals surface area contributed by atoms with Gasteiger partial charge in [0.05, 0.1) is 6.54 Å². The maximum atomic E-state index is 12.5. The Kier molecular flexibility index (Phi) is 5.49. The van der Waals surface area contributed by atoms with Gasteiger partial charge in [0.1, 0.15) is 11.6 Å². The third-order valence-corrected chi connectivity index (χ3v) is 4.01. The Morgan fingerprint density at radius 2 is 1.83 bits per heavy atom. The summed E-state index contributed by atoms with van der Waals surface area (Å²) >= 11 is 0. The Morgan fingerprint density at radius 1 is 1.17 bits per heavy atom. The van der Waals surface area contributed by atoms with Gasteiger partial charge >= 0.3 is 6.09 Å². The number of hydrogen-bond acceptors (Lipinski definition) is 4. The number of carbonyl (C=O) groups excluding carboxylic acids is 3. The number of amides is 3. The summed E-state index contributed by atoms with van der Waals surface area (Å²) in [7, 11) is 0. The number of likely N-dealkylation sites (tertiary alicyclic amines) is 2. The second-order valence-corrected chi connectivity index (χ2v) is 7.19. The molecule has 0 aliphatic carbocycles. The van der Waals surface area contributed by atoms with E-state index in [2.05, 4.69) is 5.32 Å². The van der Waals surface area contributed by atoms with Gasteiger partial charge < -0.3 is 19.9 Å². The number of hydrogen-bond donors (Lipinski definition) is 1. The van der Waals surface area contributed by atoms with Crippen LogP contribution in [0.4, 0.5) is 4.79 Å². The van der Waals surface area contributed by atoms with Gasteiger partial charge in [-0.3, -0.25) is 9.59 Å². The lowest BCUT2D eigenvalue weighted by Gasteiger charge is -2.33. The van der Waals surface area contributed by atoms with Crippen LogP contribution in [0.25, 0.3) is 0 Å². The molecular weight excluding hydrogens is 298 g/mol. The molecule has 23 heavy (non-hydrogen) atoms. The van der Waals surface area contributed by atoms with E-state index in [1.807, 2.05) is 0 Å². The van der Waals surface area contributed by atoms with Crippen molar-refractivity contribution in [1.29, 1.82) is 0 Å². The van der Waals surface area contributed by atoms with Crippen molar-refractivity contribution in [3.8, 4) is 0 Å². The minimum Gasteiger partial charge on any atom is -0.444 e. The van der Waals surface area contributed by atoms with Crippen molar-refractivity contribution < 1.29 is 19.1 Å². The molecule has 0 aromatic heterocycles. The zero-order chi connectivity index (χ0) is 17.0. The fraction of sp³-hybridized carbons (Fsp3) is 0.812. The summed E-state index contributed by atoms with van der Waals surface area (Å²) in [5.74, 6) is -0.205. The summed E-state index contributed by atoms with van der Waals surface area (Å²) in [6.07, 6.45) is 2.81. The number of nitrogens with one attached hydrogen (secondary N) is 1. The molecule has 0 aromatic carbocycles. The van der Waals surface area contributed by atoms with Crippen LogP contribution in [0.2, 0.25) is 0 Å². The van der Waals surface area contributed by atoms with Gasteiger partial charge in [0.15, 0.2) is 0 Å². The van der Waals surface area contributed by atoms with Crippen molar-refractivity contribution in [2.75, 3.05) is 26.2 Å². The molecule has 0 aromatic rings. The molecule has 0 bridgehead atoms. The van der Waals surface area contributed by atoms with Crippen LogP contribution >= 0.6 is 0 Å². The number of nitrogens with zero attached hydrogens (tertiary/aromatic N) is 2. The van der Waals surface area contributed by atoms with Crippen molar-refractivity contribution >= 4 is 17.9 Å². The van der Waals surface area contributed by atoms with Crippen LogP contribution in [0, 0.1) is 0 Å². The maximum Gasteiger partial charge on any atom is 0.408 e. The first kappa shape index (κ1) is 17.6. The molecular formula is C16H27N3O4. The van der Waals surface area contributed by atoms with E-state index in [9.17, 15) is 14.4 Å². The molecule has 3 amide bonds. The molecule has 2 heterocycles. The standard InChI is InChI=1S/C16H27N3O4/c1-16(2,3)23-15(22)17-12-7-6-10-19(14(12)21)11-13(20)18-8-4-5-9-18/h12H,4-11H2,1-3H3,(H,17,22). The zero-order valence-electron chi connectivity index (χ0n) is 14.3. The Bertz CT molecular complexity index is 466. The topological polar surface area (TPSA) is 79.0 Å². The van der Waals surface area contributed by atoms with E-state index in [0.717, 1.165) is 32.4 Å². The maximum absolute atomic E-state index is 12.5. The molecule has 0 radical (unpaired) electrons. The second-order valence-electron chi connectivity index (χ2n) is 7.19. The third-order valence-electron chi connectivity index (χ3n) is 4.01. The molecule has 7 heteroatoms. The Labute approximate surface area is 137 Å². The van der Waals surface area contributed by atoms with E-state index in [0.29, 0.717) is 13.0 Å². The van der Waals surface area contributed by atoms with Gasteiger partial charge in [-0.05, 0) is 46.5 Å². The fourth-order valence-corrected chi connectivity index (χ4v) is 2.91. The molecule has 2 aliphatic rings. The predicted molar refractivity (Wildman–Crippen MR) is 84.8 cm³/mol. The Hall–Kier alpha value is -1.79. The normalized spacial score (nSPS) is 22.2. The van der Waals surface area contributed by atoms with Crippen molar-refractivity contribution in [3.05, 3.63) is 0 Å². The quantitative estimate of drug-likeness (QED) is 0.843. The number of ether oxygens (including phenoxy) is 1. The van der Waals surface area contributed by atoms with E-state index in [4.69, 9.17) is 4.74 Å². The van der Waals surface area contributed by atoms with Crippen LogP contribution in [-0.2, 0) is 14.3 Å². The summed E-state index contributed by atoms with van der Waals surface area (Å²) in [4.78, 5) is 39.8. The number of rotatable bonds is 3. The molecule has 2 fully saturated rings. The van der Waals surface area contributed by atoms with Crippen LogP contribution in [-0.4, -0.2) is 65.5 Å². The summed E-state index contributed by atoms with van der Waals surface area (Å²) in [6, 6.07) is -0.607. The van der Waals surface area contributed by atoms with Gasteiger partial charge in [-0.25, -0.2) is 4.79 Å². The lowest BCUT2D eigenvalue weighted by molar-refractivity contribution is -0.143. The predicted octanol–water partition coefficient (Wildman–Crippen LogP) is 1.12. The number of alkyl carbamates (subject to hydrolysis) is 1. The smallest absolute Gasteiger partial charge is 0.408 e. The molecule has 0 saturated carbocycles. The summed E-state index contributed by atoms with van der Waals surface area (Å²) in [6.45, 7) is 7.54. The lowest BCUT2D eigenvalue weighted by Crippen LogP contribution is -2.55. The average molecular weight is 325 g/mol. The molecule has 130 valence electrons. The largest absolute Gasteiger partial charge is 0.444 e. The number of piperidine rings is 1. The molecule has 0 spiro atoms. The van der Waals surface area contributed by atoms with Gasteiger partial charge in [0, 0.05) is 19.6 Å². The minimum atomic E-state index is -0.607. The van der Waals surface area contributed by atoms with Crippen LogP contribution in [0.1, 0.15) is 46.5 Å². The highest BCUT2D eigenvalue weighted by Gasteiger charge is 2.33. The molecule has 2 aliphatic heterocycles. The van der Waals surface area contributed by atoms with Crippen LogP contribution in [0.3, 0.4) is 0 Å². The Balaban J connectivity index is 1.87. The van der Waals surface area contributed by atoms with E-state index in [1.54, 1.807) is 30.6 Å². The van der Waals surface area contributed by atoms with Crippen LogP contribution in [0.15, 0.2) is 0 Å². The first-order valence-corrected chi connectivity index (χ1v) is 8.32. The zero-order valence-corrected chi connectivity index (χ0v) is 14.3. The third kappa shape index (κ3) is 5.11. The van der Waals surface area contributed by atoms with Crippen LogP contribution < -0.4 is 5.32 Å². The van der Waals surface area contributed by atoms with E-state index < -0.39 is 17.7 Å². The molecule has 1 N–H and O–H groups in total. The second kappa shape index (κ2) is 7.19. The fourth-order valence-electron chi connectivity index (χ4n) is 2.91. The van der Waals surface area contributed by atoms with Gasteiger partial charge in [0.2, 0.25) is 11.8 Å². The molecule has 7 nitrogen and oxygen atoms in total. The van der Waals surface area contributed by atoms with E-state index in [1.165, 1.54) is 0 Å². The van der Waals surface area contributed by atoms with E-state index >= 15 is 0 Å². The summed E-state index contributed by atoms with van der Waals surface area (Å²) in [5.41, 5.74) is -0.604. The van der Waals surface area contributed by atoms with Crippen molar-refractivity contribution in [2.24, 2.45) is 0 Å². The molecule has 1 atom stereocenters. The Morgan fingerprint density at radius 3 is 2.43 bits per heavy atom. The SMILES string of the molecule is CC(C)(C)OC(=O)NC1CCCN(CC(=O)N2CCCC2)C1=O. The highest BCUT2D eigenvalue weighted by Crippen LogP contribution is 2.15. The minimum absolute atomic E-state index is 0.00577. The lowest BCUT2D eigenvalue weighted by atomic mass is 10.0. The van der Waals surface area contributed by atoms with Crippen LogP contribution in [0.5, 0.6) is 0 Å². The van der Waals surface area contributed by atoms with Gasteiger partial charge in [-0.15, -0.1) is 0 Å². The molecule has 2 rings (SSSR count). The van der Waals surface area contributed by atoms with E-state index in [-0.39, 0.29) is 18.4 Å². The van der Waals surface area contributed by atoms with Crippen molar-refractivity contribution in [3.63, 3.8) is 0 Å². The van der Waals surface area contributed by atoms with Gasteiger partial charge in [-0.2, -0.15) is 0 Å². The first-order valence-electron chi connectivity index (χ1n) is 8.32. The molecule has 1 unspecified atom stereocenters. The number of carbonyl (C=O) groups is 3. The van der Waals surface area contributed by atoms with Crippen molar-refractivity contribution in [1.82, 2.24) is 15.1 Å². The van der Waals surface area contributed by atoms with Gasteiger partial charge in [-0.1, -0.05) is 0 Å². The first-order chi connectivity index (χ1) is 10.8. The van der Waals surface area contributed by atoms with Crippen molar-refractivity contribution in [2.45, 2.75) is 58.1 Å².